The van der Waals surface area contributed by atoms with Gasteiger partial charge >= 0.3 is 11.7 Å². The van der Waals surface area contributed by atoms with Gasteiger partial charge in [-0.1, -0.05) is 18.2 Å². The van der Waals surface area contributed by atoms with Crippen molar-refractivity contribution < 1.29 is 23.6 Å². The zero-order valence-electron chi connectivity index (χ0n) is 15.8. The summed E-state index contributed by atoms with van der Waals surface area (Å²) < 4.78 is 20.1. The summed E-state index contributed by atoms with van der Waals surface area (Å²) in [5, 5.41) is 17.3. The number of halogens is 1. The lowest BCUT2D eigenvalue weighted by Gasteiger charge is -2.13. The maximum Gasteiger partial charge on any atom is 0.311 e. The maximum atomic E-state index is 13.4. The zero-order chi connectivity index (χ0) is 21.7. The molecule has 0 bridgehead atoms. The van der Waals surface area contributed by atoms with E-state index in [4.69, 9.17) is 4.74 Å². The first-order valence-electron chi connectivity index (χ1n) is 8.87. The summed E-state index contributed by atoms with van der Waals surface area (Å²) in [5.41, 5.74) is 0.678. The van der Waals surface area contributed by atoms with Gasteiger partial charge in [0.25, 0.3) is 5.91 Å². The summed E-state index contributed by atoms with van der Waals surface area (Å²) in [6.07, 6.45) is 1.95. The van der Waals surface area contributed by atoms with Gasteiger partial charge in [0.15, 0.2) is 6.10 Å². The number of hydrogen-bond donors (Lipinski definition) is 1. The summed E-state index contributed by atoms with van der Waals surface area (Å²) in [4.78, 5) is 34.2. The quantitative estimate of drug-likeness (QED) is 0.362. The van der Waals surface area contributed by atoms with Crippen molar-refractivity contribution in [3.63, 3.8) is 0 Å². The fourth-order valence-electron chi connectivity index (χ4n) is 2.61. The third kappa shape index (κ3) is 5.04. The van der Waals surface area contributed by atoms with Crippen molar-refractivity contribution in [1.29, 1.82) is 0 Å². The summed E-state index contributed by atoms with van der Waals surface area (Å²) in [5.74, 6) is -2.37. The van der Waals surface area contributed by atoms with Crippen LogP contribution in [-0.4, -0.2) is 32.7 Å². The molecule has 1 unspecified atom stereocenters. The van der Waals surface area contributed by atoms with Crippen molar-refractivity contribution in [2.45, 2.75) is 19.4 Å². The number of esters is 1. The molecule has 0 saturated heterocycles. The summed E-state index contributed by atoms with van der Waals surface area (Å²) in [6.45, 7) is 1.36. The van der Waals surface area contributed by atoms with E-state index >= 15 is 0 Å². The number of nitrogens with one attached hydrogen (secondary N) is 1. The molecule has 154 valence electrons. The minimum Gasteiger partial charge on any atom is -0.452 e. The zero-order valence-corrected chi connectivity index (χ0v) is 15.8. The lowest BCUT2D eigenvalue weighted by atomic mass is 10.2. The van der Waals surface area contributed by atoms with Crippen molar-refractivity contribution in [3.05, 3.63) is 82.4 Å². The number of aromatic nitrogens is 2. The van der Waals surface area contributed by atoms with Gasteiger partial charge in [-0.05, 0) is 31.2 Å². The Morgan fingerprint density at radius 2 is 2.00 bits per heavy atom. The van der Waals surface area contributed by atoms with Crippen LogP contribution in [0.3, 0.4) is 0 Å². The van der Waals surface area contributed by atoms with Crippen LogP contribution in [0, 0.1) is 15.9 Å². The Bertz CT molecular complexity index is 1080. The van der Waals surface area contributed by atoms with Crippen LogP contribution in [0.4, 0.5) is 15.8 Å². The molecule has 1 N–H and O–H groups in total. The van der Waals surface area contributed by atoms with Crippen LogP contribution in [0.1, 0.15) is 12.5 Å². The number of hydrogen-bond acceptors (Lipinski definition) is 6. The molecule has 0 aliphatic heterocycles. The predicted octanol–water partition coefficient (Wildman–Crippen LogP) is 3.03. The molecule has 0 fully saturated rings. The van der Waals surface area contributed by atoms with Crippen molar-refractivity contribution >= 4 is 23.3 Å². The van der Waals surface area contributed by atoms with Crippen molar-refractivity contribution in [2.24, 2.45) is 0 Å². The van der Waals surface area contributed by atoms with Crippen LogP contribution in [0.25, 0.3) is 5.69 Å². The standard InChI is InChI=1S/C20H17FN4O5/c1-13(20(27)23-15-7-8-17(21)18(10-15)25(28)29)30-19(26)9-14-11-22-24(12-14)16-5-3-2-4-6-16/h2-8,10-13H,9H2,1H3,(H,23,27). The fraction of sp³-hybridized carbons (Fsp3) is 0.150. The number of anilines is 1. The number of carbonyl (C=O) groups excluding carboxylic acids is 2. The van der Waals surface area contributed by atoms with E-state index < -0.39 is 34.4 Å². The van der Waals surface area contributed by atoms with Crippen molar-refractivity contribution in [2.75, 3.05) is 5.32 Å². The number of nitrogens with zero attached hydrogens (tertiary/aromatic N) is 3. The highest BCUT2D eigenvalue weighted by Crippen LogP contribution is 2.21. The first kappa shape index (κ1) is 20.6. The van der Waals surface area contributed by atoms with Gasteiger partial charge in [-0.15, -0.1) is 0 Å². The largest absolute Gasteiger partial charge is 0.452 e. The minimum atomic E-state index is -1.16. The summed E-state index contributed by atoms with van der Waals surface area (Å²) in [6, 6.07) is 12.3. The first-order chi connectivity index (χ1) is 14.3. The Kier molecular flexibility index (Phi) is 6.16. The first-order valence-corrected chi connectivity index (χ1v) is 8.87. The Hall–Kier alpha value is -4.08. The third-order valence-corrected chi connectivity index (χ3v) is 4.09. The molecule has 30 heavy (non-hydrogen) atoms. The number of rotatable bonds is 7. The topological polar surface area (TPSA) is 116 Å². The molecule has 0 saturated carbocycles. The van der Waals surface area contributed by atoms with E-state index in [1.807, 2.05) is 30.3 Å². The van der Waals surface area contributed by atoms with Crippen LogP contribution >= 0.6 is 0 Å². The molecule has 1 amide bonds. The third-order valence-electron chi connectivity index (χ3n) is 4.09. The summed E-state index contributed by atoms with van der Waals surface area (Å²) >= 11 is 0. The van der Waals surface area contributed by atoms with E-state index in [0.717, 1.165) is 17.8 Å². The van der Waals surface area contributed by atoms with Gasteiger partial charge in [0.05, 0.1) is 23.2 Å². The molecule has 3 aromatic rings. The molecule has 2 aromatic carbocycles. The monoisotopic (exact) mass is 412 g/mol. The van der Waals surface area contributed by atoms with Crippen molar-refractivity contribution in [1.82, 2.24) is 9.78 Å². The second-order valence-electron chi connectivity index (χ2n) is 6.35. The van der Waals surface area contributed by atoms with Gasteiger partial charge in [-0.25, -0.2) is 4.68 Å². The maximum absolute atomic E-state index is 13.4. The second-order valence-corrected chi connectivity index (χ2v) is 6.35. The highest BCUT2D eigenvalue weighted by atomic mass is 19.1. The van der Waals surface area contributed by atoms with E-state index in [0.29, 0.717) is 5.56 Å². The number of benzene rings is 2. The van der Waals surface area contributed by atoms with Crippen LogP contribution in [-0.2, 0) is 20.7 Å². The SMILES string of the molecule is CC(OC(=O)Cc1cnn(-c2ccccc2)c1)C(=O)Nc1ccc(F)c([N+](=O)[O-])c1. The number of ether oxygens (including phenoxy) is 1. The normalized spacial score (nSPS) is 11.5. The van der Waals surface area contributed by atoms with Gasteiger partial charge in [-0.2, -0.15) is 9.49 Å². The number of nitro groups is 1. The van der Waals surface area contributed by atoms with Crippen LogP contribution in [0.15, 0.2) is 60.9 Å². The van der Waals surface area contributed by atoms with E-state index in [-0.39, 0.29) is 12.1 Å². The molecule has 9 nitrogen and oxygen atoms in total. The molecule has 0 aliphatic rings. The molecule has 0 radical (unpaired) electrons. The van der Waals surface area contributed by atoms with Crippen LogP contribution in [0.2, 0.25) is 0 Å². The number of carbonyl (C=O) groups is 2. The molecule has 0 aliphatic carbocycles. The minimum absolute atomic E-state index is 0.0140. The van der Waals surface area contributed by atoms with E-state index in [1.165, 1.54) is 19.2 Å². The Balaban J connectivity index is 1.56. The predicted molar refractivity (Wildman–Crippen MR) is 105 cm³/mol. The van der Waals surface area contributed by atoms with Crippen molar-refractivity contribution in [3.8, 4) is 5.69 Å². The molecule has 10 heteroatoms. The van der Waals surface area contributed by atoms with E-state index in [9.17, 15) is 24.1 Å². The lowest BCUT2D eigenvalue weighted by molar-refractivity contribution is -0.387. The van der Waals surface area contributed by atoms with Gasteiger partial charge in [-0.3, -0.25) is 19.7 Å². The van der Waals surface area contributed by atoms with Crippen LogP contribution < -0.4 is 5.32 Å². The number of para-hydroxylation sites is 1. The Morgan fingerprint density at radius 3 is 2.70 bits per heavy atom. The molecule has 1 heterocycles. The van der Waals surface area contributed by atoms with E-state index in [2.05, 4.69) is 10.4 Å². The molecular weight excluding hydrogens is 395 g/mol. The van der Waals surface area contributed by atoms with Gasteiger partial charge < -0.3 is 10.1 Å². The molecule has 1 aromatic heterocycles. The molecule has 0 spiro atoms. The molecular formula is C20H17FN4O5. The smallest absolute Gasteiger partial charge is 0.311 e. The second kappa shape index (κ2) is 8.95. The van der Waals surface area contributed by atoms with Crippen LogP contribution in [0.5, 0.6) is 0 Å². The average molecular weight is 412 g/mol. The number of amides is 1. The van der Waals surface area contributed by atoms with Gasteiger partial charge in [0.2, 0.25) is 5.82 Å². The average Bonchev–Trinajstić information content (AvgIpc) is 3.18. The fourth-order valence-corrected chi connectivity index (χ4v) is 2.61. The molecule has 1 atom stereocenters. The van der Waals surface area contributed by atoms with Gasteiger partial charge in [0.1, 0.15) is 0 Å². The lowest BCUT2D eigenvalue weighted by Crippen LogP contribution is -2.30. The highest BCUT2D eigenvalue weighted by molar-refractivity contribution is 5.95. The van der Waals surface area contributed by atoms with E-state index in [1.54, 1.807) is 10.9 Å². The summed E-state index contributed by atoms with van der Waals surface area (Å²) in [7, 11) is 0. The van der Waals surface area contributed by atoms with Gasteiger partial charge in [0, 0.05) is 23.5 Å². The Labute approximate surface area is 170 Å². The highest BCUT2D eigenvalue weighted by Gasteiger charge is 2.21. The molecule has 3 rings (SSSR count). The Morgan fingerprint density at radius 1 is 1.27 bits per heavy atom. The number of nitro benzene ring substituents is 1.